The number of anilines is 1. The minimum absolute atomic E-state index is 0.204. The lowest BCUT2D eigenvalue weighted by Gasteiger charge is -2.04. The summed E-state index contributed by atoms with van der Waals surface area (Å²) in [5, 5.41) is 2.81. The molecule has 0 radical (unpaired) electrons. The number of amides is 1. The highest BCUT2D eigenvalue weighted by molar-refractivity contribution is 7.97. The molecule has 0 aromatic heterocycles. The number of nitrogens with one attached hydrogen (secondary N) is 1. The van der Waals surface area contributed by atoms with Gasteiger partial charge in [0, 0.05) is 17.5 Å². The Bertz CT molecular complexity index is 721. The Kier molecular flexibility index (Phi) is 6.63. The van der Waals surface area contributed by atoms with Gasteiger partial charge in [0.2, 0.25) is 5.91 Å². The number of methoxy groups -OCH3 is 1. The number of hydrogen-bond donors (Lipinski definition) is 1. The molecule has 2 aromatic carbocycles. The molecule has 24 heavy (non-hydrogen) atoms. The highest BCUT2D eigenvalue weighted by atomic mass is 32.2. The summed E-state index contributed by atoms with van der Waals surface area (Å²) in [4.78, 5) is 23.3. The molecule has 0 spiro atoms. The van der Waals surface area contributed by atoms with Crippen LogP contribution in [0.1, 0.15) is 21.5 Å². The van der Waals surface area contributed by atoms with E-state index >= 15 is 0 Å². The molecule has 0 aliphatic carbocycles. The number of esters is 1. The van der Waals surface area contributed by atoms with E-state index in [4.69, 9.17) is 0 Å². The molecule has 0 aliphatic heterocycles. The number of ether oxygens (including phenoxy) is 1. The third kappa shape index (κ3) is 5.28. The van der Waals surface area contributed by atoms with Crippen molar-refractivity contribution in [1.29, 1.82) is 0 Å². The summed E-state index contributed by atoms with van der Waals surface area (Å²) < 4.78 is 4.64. The fraction of sp³-hybridized carbons (Fsp3) is 0.158. The van der Waals surface area contributed by atoms with Gasteiger partial charge >= 0.3 is 5.97 Å². The van der Waals surface area contributed by atoms with Gasteiger partial charge in [-0.25, -0.2) is 4.79 Å². The van der Waals surface area contributed by atoms with Crippen molar-refractivity contribution in [3.05, 3.63) is 71.3 Å². The van der Waals surface area contributed by atoms with E-state index in [2.05, 4.69) is 16.3 Å². The quantitative estimate of drug-likeness (QED) is 0.638. The lowest BCUT2D eigenvalue weighted by Crippen LogP contribution is -2.07. The first-order valence-corrected chi connectivity index (χ1v) is 8.77. The molecule has 4 nitrogen and oxygen atoms in total. The van der Waals surface area contributed by atoms with Crippen LogP contribution >= 0.6 is 11.8 Å². The van der Waals surface area contributed by atoms with Crippen LogP contribution in [0.3, 0.4) is 0 Å². The summed E-state index contributed by atoms with van der Waals surface area (Å²) in [6.07, 6.45) is 5.21. The van der Waals surface area contributed by atoms with Crippen LogP contribution in [0.25, 0.3) is 6.08 Å². The maximum Gasteiger partial charge on any atom is 0.337 e. The molecule has 5 heteroatoms. The second-order valence-electron chi connectivity index (χ2n) is 5.07. The van der Waals surface area contributed by atoms with Gasteiger partial charge in [-0.15, -0.1) is 0 Å². The molecule has 0 heterocycles. The lowest BCUT2D eigenvalue weighted by atomic mass is 10.1. The van der Waals surface area contributed by atoms with Crippen molar-refractivity contribution in [2.75, 3.05) is 18.7 Å². The molecular formula is C19H19NO3S. The standard InChI is InChI=1S/C19H19NO3S/c1-23-19(22)16-8-3-14(4-9-16)7-12-18(21)20-17-10-5-15(6-11-17)13-24-2/h3-12H,13H2,1-2H3,(H,20,21). The first kappa shape index (κ1) is 17.8. The van der Waals surface area contributed by atoms with E-state index in [1.165, 1.54) is 18.7 Å². The molecule has 2 aromatic rings. The van der Waals surface area contributed by atoms with Crippen LogP contribution < -0.4 is 5.32 Å². The van der Waals surface area contributed by atoms with Crippen LogP contribution in [0.2, 0.25) is 0 Å². The zero-order chi connectivity index (χ0) is 17.4. The third-order valence-corrected chi connectivity index (χ3v) is 3.91. The Labute approximate surface area is 145 Å². The van der Waals surface area contributed by atoms with Crippen LogP contribution in [-0.4, -0.2) is 25.2 Å². The Balaban J connectivity index is 1.93. The van der Waals surface area contributed by atoms with Gasteiger partial charge in [-0.2, -0.15) is 11.8 Å². The van der Waals surface area contributed by atoms with Crippen molar-refractivity contribution in [3.8, 4) is 0 Å². The molecule has 0 saturated heterocycles. The van der Waals surface area contributed by atoms with Gasteiger partial charge < -0.3 is 10.1 Å². The highest BCUT2D eigenvalue weighted by Crippen LogP contribution is 2.14. The van der Waals surface area contributed by atoms with E-state index in [9.17, 15) is 9.59 Å². The van der Waals surface area contributed by atoms with Gasteiger partial charge in [-0.1, -0.05) is 24.3 Å². The molecule has 0 saturated carbocycles. The fourth-order valence-electron chi connectivity index (χ4n) is 2.05. The van der Waals surface area contributed by atoms with Crippen molar-refractivity contribution in [2.24, 2.45) is 0 Å². The van der Waals surface area contributed by atoms with Gasteiger partial charge in [-0.3, -0.25) is 4.79 Å². The predicted octanol–water partition coefficient (Wildman–Crippen LogP) is 3.99. The molecule has 0 atom stereocenters. The van der Waals surface area contributed by atoms with Crippen molar-refractivity contribution in [1.82, 2.24) is 0 Å². The molecule has 124 valence electrons. The van der Waals surface area contributed by atoms with Gasteiger partial charge in [0.05, 0.1) is 12.7 Å². The Hall–Kier alpha value is -2.53. The van der Waals surface area contributed by atoms with Crippen molar-refractivity contribution >= 4 is 35.4 Å². The zero-order valence-corrected chi connectivity index (χ0v) is 14.4. The monoisotopic (exact) mass is 341 g/mol. The number of hydrogen-bond acceptors (Lipinski definition) is 4. The Morgan fingerprint density at radius 2 is 1.75 bits per heavy atom. The molecule has 2 rings (SSSR count). The van der Waals surface area contributed by atoms with E-state index < -0.39 is 0 Å². The summed E-state index contributed by atoms with van der Waals surface area (Å²) in [5.74, 6) is 0.369. The predicted molar refractivity (Wildman–Crippen MR) is 99.1 cm³/mol. The summed E-state index contributed by atoms with van der Waals surface area (Å²) in [7, 11) is 1.34. The highest BCUT2D eigenvalue weighted by Gasteiger charge is 2.03. The van der Waals surface area contributed by atoms with Gasteiger partial charge in [0.25, 0.3) is 0 Å². The largest absolute Gasteiger partial charge is 0.465 e. The molecule has 0 fully saturated rings. The molecule has 1 N–H and O–H groups in total. The van der Waals surface area contributed by atoms with E-state index in [0.29, 0.717) is 5.56 Å². The number of rotatable bonds is 6. The molecule has 0 unspecified atom stereocenters. The molecule has 0 aliphatic rings. The van der Waals surface area contributed by atoms with E-state index in [0.717, 1.165) is 17.0 Å². The smallest absolute Gasteiger partial charge is 0.337 e. The first-order valence-electron chi connectivity index (χ1n) is 7.37. The van der Waals surface area contributed by atoms with Crippen LogP contribution in [0.15, 0.2) is 54.6 Å². The van der Waals surface area contributed by atoms with Crippen LogP contribution in [0.5, 0.6) is 0 Å². The summed E-state index contributed by atoms with van der Waals surface area (Å²) in [6.45, 7) is 0. The normalized spacial score (nSPS) is 10.6. The van der Waals surface area contributed by atoms with Gasteiger partial charge in [0.1, 0.15) is 0 Å². The second kappa shape index (κ2) is 8.93. The Morgan fingerprint density at radius 3 is 2.33 bits per heavy atom. The van der Waals surface area contributed by atoms with Crippen molar-refractivity contribution < 1.29 is 14.3 Å². The van der Waals surface area contributed by atoms with E-state index in [-0.39, 0.29) is 11.9 Å². The number of carbonyl (C=O) groups excluding carboxylic acids is 2. The zero-order valence-electron chi connectivity index (χ0n) is 13.6. The van der Waals surface area contributed by atoms with Gasteiger partial charge in [0.15, 0.2) is 0 Å². The van der Waals surface area contributed by atoms with Crippen LogP contribution in [-0.2, 0) is 15.3 Å². The maximum atomic E-state index is 11.9. The van der Waals surface area contributed by atoms with Crippen molar-refractivity contribution in [3.63, 3.8) is 0 Å². The SMILES string of the molecule is COC(=O)c1ccc(C=CC(=O)Nc2ccc(CSC)cc2)cc1. The van der Waals surface area contributed by atoms with Crippen LogP contribution in [0.4, 0.5) is 5.69 Å². The summed E-state index contributed by atoms with van der Waals surface area (Å²) in [5.41, 5.74) is 3.29. The second-order valence-corrected chi connectivity index (χ2v) is 5.93. The van der Waals surface area contributed by atoms with Gasteiger partial charge in [-0.05, 0) is 47.7 Å². The third-order valence-electron chi connectivity index (χ3n) is 3.29. The fourth-order valence-corrected chi connectivity index (χ4v) is 2.58. The number of benzene rings is 2. The summed E-state index contributed by atoms with van der Waals surface area (Å²) >= 11 is 1.76. The number of thioether (sulfide) groups is 1. The summed E-state index contributed by atoms with van der Waals surface area (Å²) in [6, 6.07) is 14.6. The average molecular weight is 341 g/mol. The minimum atomic E-state index is -0.381. The topological polar surface area (TPSA) is 55.4 Å². The lowest BCUT2D eigenvalue weighted by molar-refractivity contribution is -0.111. The Morgan fingerprint density at radius 1 is 1.08 bits per heavy atom. The van der Waals surface area contributed by atoms with Crippen molar-refractivity contribution in [2.45, 2.75) is 5.75 Å². The minimum Gasteiger partial charge on any atom is -0.465 e. The van der Waals surface area contributed by atoms with Crippen LogP contribution in [0, 0.1) is 0 Å². The first-order chi connectivity index (χ1) is 11.6. The maximum absolute atomic E-state index is 11.9. The van der Waals surface area contributed by atoms with E-state index in [1.807, 2.05) is 24.3 Å². The average Bonchev–Trinajstić information content (AvgIpc) is 2.61. The molecule has 0 bridgehead atoms. The molecule has 1 amide bonds. The van der Waals surface area contributed by atoms with E-state index in [1.54, 1.807) is 42.1 Å². The number of carbonyl (C=O) groups is 2. The molecular weight excluding hydrogens is 322 g/mol.